The third-order valence-corrected chi connectivity index (χ3v) is 2.70. The van der Waals surface area contributed by atoms with Crippen LogP contribution in [0.1, 0.15) is 15.9 Å². The van der Waals surface area contributed by atoms with E-state index in [4.69, 9.17) is 5.73 Å². The normalized spacial score (nSPS) is 10.3. The number of rotatable bonds is 3. The van der Waals surface area contributed by atoms with Crippen molar-refractivity contribution in [2.45, 2.75) is 6.54 Å². The Balaban J connectivity index is 2.09. The third kappa shape index (κ3) is 3.09. The number of nitrogens with one attached hydrogen (secondary N) is 1. The van der Waals surface area contributed by atoms with Crippen molar-refractivity contribution >= 4 is 11.6 Å². The summed E-state index contributed by atoms with van der Waals surface area (Å²) in [6, 6.07) is 6.97. The fourth-order valence-electron chi connectivity index (χ4n) is 1.62. The Morgan fingerprint density at radius 1 is 1.05 bits per heavy atom. The Hall–Kier alpha value is -2.50. The summed E-state index contributed by atoms with van der Waals surface area (Å²) in [6.45, 7) is 0.0931. The number of hydrogen-bond acceptors (Lipinski definition) is 2. The molecule has 3 nitrogen and oxygen atoms in total. The first-order chi connectivity index (χ1) is 9.47. The van der Waals surface area contributed by atoms with Gasteiger partial charge in [0.1, 0.15) is 17.5 Å². The van der Waals surface area contributed by atoms with E-state index in [0.717, 1.165) is 6.07 Å². The quantitative estimate of drug-likeness (QED) is 0.849. The minimum atomic E-state index is -0.992. The maximum Gasteiger partial charge on any atom is 0.254 e. The molecule has 0 aliphatic rings. The lowest BCUT2D eigenvalue weighted by Gasteiger charge is -2.07. The van der Waals surface area contributed by atoms with Crippen molar-refractivity contribution in [3.8, 4) is 0 Å². The van der Waals surface area contributed by atoms with Crippen LogP contribution in [0.2, 0.25) is 0 Å². The number of amides is 1. The number of nitrogen functional groups attached to an aromatic ring is 1. The van der Waals surface area contributed by atoms with Crippen molar-refractivity contribution < 1.29 is 18.0 Å². The highest BCUT2D eigenvalue weighted by atomic mass is 19.1. The molecule has 20 heavy (non-hydrogen) atoms. The second-order valence-electron chi connectivity index (χ2n) is 4.16. The maximum absolute atomic E-state index is 13.5. The van der Waals surface area contributed by atoms with Gasteiger partial charge in [0.05, 0.1) is 11.3 Å². The van der Waals surface area contributed by atoms with E-state index in [1.807, 2.05) is 0 Å². The van der Waals surface area contributed by atoms with Gasteiger partial charge in [0, 0.05) is 12.6 Å². The van der Waals surface area contributed by atoms with Crippen LogP contribution in [0.15, 0.2) is 36.4 Å². The molecule has 0 bridgehead atoms. The molecule has 0 radical (unpaired) electrons. The van der Waals surface area contributed by atoms with Gasteiger partial charge in [-0.15, -0.1) is 0 Å². The molecular weight excluding hydrogens is 269 g/mol. The molecule has 2 aromatic rings. The average Bonchev–Trinajstić information content (AvgIpc) is 2.42. The Bertz CT molecular complexity index is 642. The monoisotopic (exact) mass is 280 g/mol. The number of carbonyl (C=O) groups is 1. The van der Waals surface area contributed by atoms with Crippen LogP contribution in [0.5, 0.6) is 0 Å². The SMILES string of the molecule is Nc1cc(C(=O)NCc2ccc(F)cc2)c(F)cc1F. The van der Waals surface area contributed by atoms with Crippen molar-refractivity contribution in [2.75, 3.05) is 5.73 Å². The number of nitrogens with two attached hydrogens (primary N) is 1. The maximum atomic E-state index is 13.5. The number of halogens is 3. The fourth-order valence-corrected chi connectivity index (χ4v) is 1.62. The standard InChI is InChI=1S/C14H11F3N2O/c15-9-3-1-8(2-4-9)7-19-14(20)10-5-13(18)12(17)6-11(10)16/h1-6H,7,18H2,(H,19,20). The van der Waals surface area contributed by atoms with Gasteiger partial charge < -0.3 is 11.1 Å². The van der Waals surface area contributed by atoms with Gasteiger partial charge in [-0.05, 0) is 23.8 Å². The van der Waals surface area contributed by atoms with Crippen LogP contribution in [-0.4, -0.2) is 5.91 Å². The van der Waals surface area contributed by atoms with Gasteiger partial charge in [-0.3, -0.25) is 4.79 Å². The van der Waals surface area contributed by atoms with Crippen molar-refractivity contribution in [3.63, 3.8) is 0 Å². The van der Waals surface area contributed by atoms with Crippen LogP contribution in [0, 0.1) is 17.5 Å². The van der Waals surface area contributed by atoms with Crippen LogP contribution >= 0.6 is 0 Å². The van der Waals surface area contributed by atoms with Crippen LogP contribution in [-0.2, 0) is 6.54 Å². The van der Waals surface area contributed by atoms with E-state index in [2.05, 4.69) is 5.32 Å². The minimum absolute atomic E-state index is 0.0931. The van der Waals surface area contributed by atoms with Gasteiger partial charge in [-0.1, -0.05) is 12.1 Å². The summed E-state index contributed by atoms with van der Waals surface area (Å²) in [4.78, 5) is 11.8. The zero-order valence-corrected chi connectivity index (χ0v) is 10.3. The molecule has 0 aromatic heterocycles. The van der Waals surface area contributed by atoms with Crippen molar-refractivity contribution in [1.29, 1.82) is 0 Å². The molecule has 0 aliphatic carbocycles. The number of carbonyl (C=O) groups excluding carboxylic acids is 1. The van der Waals surface area contributed by atoms with Crippen molar-refractivity contribution in [1.82, 2.24) is 5.32 Å². The van der Waals surface area contributed by atoms with Gasteiger partial charge in [-0.25, -0.2) is 13.2 Å². The highest BCUT2D eigenvalue weighted by molar-refractivity contribution is 5.95. The van der Waals surface area contributed by atoms with Gasteiger partial charge in [0.25, 0.3) is 5.91 Å². The van der Waals surface area contributed by atoms with E-state index in [1.54, 1.807) is 0 Å². The average molecular weight is 280 g/mol. The first-order valence-corrected chi connectivity index (χ1v) is 5.74. The second-order valence-corrected chi connectivity index (χ2v) is 4.16. The summed E-state index contributed by atoms with van der Waals surface area (Å²) in [6.07, 6.45) is 0. The first kappa shape index (κ1) is 13.9. The first-order valence-electron chi connectivity index (χ1n) is 5.74. The Labute approximate surface area is 113 Å². The van der Waals surface area contributed by atoms with Crippen LogP contribution in [0.3, 0.4) is 0 Å². The fraction of sp³-hybridized carbons (Fsp3) is 0.0714. The lowest BCUT2D eigenvalue weighted by molar-refractivity contribution is 0.0947. The molecule has 0 saturated carbocycles. The molecule has 2 aromatic carbocycles. The topological polar surface area (TPSA) is 55.1 Å². The summed E-state index contributed by atoms with van der Waals surface area (Å²) < 4.78 is 39.1. The van der Waals surface area contributed by atoms with E-state index in [0.29, 0.717) is 11.6 Å². The van der Waals surface area contributed by atoms with Gasteiger partial charge >= 0.3 is 0 Å². The molecule has 2 rings (SSSR count). The lowest BCUT2D eigenvalue weighted by atomic mass is 10.1. The molecular formula is C14H11F3N2O. The largest absolute Gasteiger partial charge is 0.396 e. The smallest absolute Gasteiger partial charge is 0.254 e. The minimum Gasteiger partial charge on any atom is -0.396 e. The van der Waals surface area contributed by atoms with E-state index >= 15 is 0 Å². The highest BCUT2D eigenvalue weighted by Gasteiger charge is 2.14. The highest BCUT2D eigenvalue weighted by Crippen LogP contribution is 2.16. The summed E-state index contributed by atoms with van der Waals surface area (Å²) in [5, 5.41) is 2.44. The molecule has 3 N–H and O–H groups in total. The van der Waals surface area contributed by atoms with E-state index in [-0.39, 0.29) is 17.8 Å². The molecule has 1 amide bonds. The van der Waals surface area contributed by atoms with Crippen molar-refractivity contribution in [2.24, 2.45) is 0 Å². The number of anilines is 1. The Morgan fingerprint density at radius 2 is 1.70 bits per heavy atom. The molecule has 104 valence electrons. The number of benzene rings is 2. The summed E-state index contributed by atoms with van der Waals surface area (Å²) >= 11 is 0. The van der Waals surface area contributed by atoms with Crippen LogP contribution in [0.25, 0.3) is 0 Å². The van der Waals surface area contributed by atoms with Crippen LogP contribution in [0.4, 0.5) is 18.9 Å². The molecule has 0 spiro atoms. The molecule has 0 fully saturated rings. The Kier molecular flexibility index (Phi) is 3.93. The number of hydrogen-bond donors (Lipinski definition) is 2. The summed E-state index contributed by atoms with van der Waals surface area (Å²) in [5.74, 6) is -3.03. The molecule has 6 heteroatoms. The van der Waals surface area contributed by atoms with Gasteiger partial charge in [-0.2, -0.15) is 0 Å². The zero-order chi connectivity index (χ0) is 14.7. The van der Waals surface area contributed by atoms with Gasteiger partial charge in [0.15, 0.2) is 0 Å². The van der Waals surface area contributed by atoms with Crippen LogP contribution < -0.4 is 11.1 Å². The summed E-state index contributed by atoms with van der Waals surface area (Å²) in [7, 11) is 0. The predicted molar refractivity (Wildman–Crippen MR) is 68.3 cm³/mol. The van der Waals surface area contributed by atoms with E-state index in [9.17, 15) is 18.0 Å². The molecule has 0 heterocycles. The van der Waals surface area contributed by atoms with E-state index < -0.39 is 23.4 Å². The molecule has 0 saturated heterocycles. The Morgan fingerprint density at radius 3 is 2.35 bits per heavy atom. The zero-order valence-electron chi connectivity index (χ0n) is 10.3. The summed E-state index contributed by atoms with van der Waals surface area (Å²) in [5.41, 5.74) is 5.29. The second kappa shape index (κ2) is 5.64. The molecule has 0 aliphatic heterocycles. The molecule has 0 atom stereocenters. The van der Waals surface area contributed by atoms with Crippen molar-refractivity contribution in [3.05, 3.63) is 65.0 Å². The molecule has 0 unspecified atom stereocenters. The van der Waals surface area contributed by atoms with E-state index in [1.165, 1.54) is 24.3 Å². The predicted octanol–water partition coefficient (Wildman–Crippen LogP) is 2.62. The lowest BCUT2D eigenvalue weighted by Crippen LogP contribution is -2.24. The van der Waals surface area contributed by atoms with Gasteiger partial charge in [0.2, 0.25) is 0 Å². The third-order valence-electron chi connectivity index (χ3n) is 2.70.